The minimum absolute atomic E-state index is 0.217. The van der Waals surface area contributed by atoms with E-state index in [1.807, 2.05) is 65.2 Å². The van der Waals surface area contributed by atoms with Gasteiger partial charge in [0.05, 0.1) is 23.3 Å². The number of halogens is 1. The van der Waals surface area contributed by atoms with Crippen LogP contribution < -0.4 is 15.5 Å². The van der Waals surface area contributed by atoms with Crippen LogP contribution in [0.5, 0.6) is 11.5 Å². The summed E-state index contributed by atoms with van der Waals surface area (Å²) in [5, 5.41) is 3.71. The van der Waals surface area contributed by atoms with E-state index in [1.165, 1.54) is 30.5 Å². The molecule has 0 aliphatic heterocycles. The highest BCUT2D eigenvalue weighted by Crippen LogP contribution is 2.31. The predicted molar refractivity (Wildman–Crippen MR) is 124 cm³/mol. The molecule has 3 aromatic carbocycles. The first-order valence-electron chi connectivity index (χ1n) is 10.0. The van der Waals surface area contributed by atoms with Crippen LogP contribution in [0.25, 0.3) is 16.6 Å². The highest BCUT2D eigenvalue weighted by Gasteiger charge is 2.16. The summed E-state index contributed by atoms with van der Waals surface area (Å²) in [5.41, 5.74) is 2.08. The summed E-state index contributed by atoms with van der Waals surface area (Å²) in [7, 11) is 0. The van der Waals surface area contributed by atoms with Gasteiger partial charge in [0.25, 0.3) is 0 Å². The number of ether oxygens (including phenoxy) is 1. The largest absolute Gasteiger partial charge is 0.455 e. The van der Waals surface area contributed by atoms with E-state index in [2.05, 4.69) is 10.3 Å². The van der Waals surface area contributed by atoms with Crippen molar-refractivity contribution in [2.24, 2.45) is 0 Å². The van der Waals surface area contributed by atoms with Crippen LogP contribution in [0, 0.1) is 5.82 Å². The molecule has 0 saturated heterocycles. The molecule has 5 aromatic rings. The fraction of sp³-hybridized carbons (Fsp3) is 0. The van der Waals surface area contributed by atoms with E-state index in [0.717, 1.165) is 11.4 Å². The third-order valence-corrected chi connectivity index (χ3v) is 4.99. The van der Waals surface area contributed by atoms with Gasteiger partial charge in [-0.15, -0.1) is 0 Å². The molecule has 6 heteroatoms. The molecule has 5 rings (SSSR count). The SMILES string of the molecule is O=c1cc(Nc2ccccc2)n(-c2ccccc2)c2cncc(Oc3ccc(F)cc3)c12. The van der Waals surface area contributed by atoms with Crippen LogP contribution in [-0.2, 0) is 0 Å². The minimum Gasteiger partial charge on any atom is -0.455 e. The van der Waals surface area contributed by atoms with Crippen LogP contribution in [-0.4, -0.2) is 9.55 Å². The number of pyridine rings is 2. The lowest BCUT2D eigenvalue weighted by Gasteiger charge is -2.19. The van der Waals surface area contributed by atoms with Crippen molar-refractivity contribution in [3.8, 4) is 17.2 Å². The van der Waals surface area contributed by atoms with Crippen LogP contribution in [0.15, 0.2) is 108 Å². The molecule has 0 unspecified atom stereocenters. The second-order valence-corrected chi connectivity index (χ2v) is 7.14. The fourth-order valence-corrected chi connectivity index (χ4v) is 3.56. The molecule has 2 heterocycles. The van der Waals surface area contributed by atoms with Gasteiger partial charge in [0.1, 0.15) is 17.4 Å². The Kier molecular flexibility index (Phi) is 5.09. The first kappa shape index (κ1) is 19.5. The summed E-state index contributed by atoms with van der Waals surface area (Å²) >= 11 is 0. The Hall–Kier alpha value is -4.45. The summed E-state index contributed by atoms with van der Waals surface area (Å²) in [6.07, 6.45) is 3.13. The second kappa shape index (κ2) is 8.35. The Bertz CT molecular complexity index is 1430. The summed E-state index contributed by atoms with van der Waals surface area (Å²) in [5.74, 6) is 0.949. The van der Waals surface area contributed by atoms with Crippen LogP contribution >= 0.6 is 0 Å². The highest BCUT2D eigenvalue weighted by molar-refractivity contribution is 5.88. The molecule has 0 aliphatic carbocycles. The number of anilines is 2. The zero-order chi connectivity index (χ0) is 21.9. The monoisotopic (exact) mass is 423 g/mol. The Balaban J connectivity index is 1.72. The average molecular weight is 423 g/mol. The maximum Gasteiger partial charge on any atom is 0.195 e. The first-order chi connectivity index (χ1) is 15.7. The van der Waals surface area contributed by atoms with Gasteiger partial charge in [-0.25, -0.2) is 4.39 Å². The lowest BCUT2D eigenvalue weighted by molar-refractivity contribution is 0.483. The van der Waals surface area contributed by atoms with Crippen molar-refractivity contribution in [1.29, 1.82) is 0 Å². The van der Waals surface area contributed by atoms with Gasteiger partial charge in [-0.05, 0) is 48.5 Å². The number of para-hydroxylation sites is 2. The molecule has 0 spiro atoms. The van der Waals surface area contributed by atoms with Gasteiger partial charge in [-0.3, -0.25) is 14.3 Å². The van der Waals surface area contributed by atoms with Gasteiger partial charge in [-0.1, -0.05) is 36.4 Å². The van der Waals surface area contributed by atoms with Crippen LogP contribution in [0.1, 0.15) is 0 Å². The summed E-state index contributed by atoms with van der Waals surface area (Å²) in [4.78, 5) is 17.5. The average Bonchev–Trinajstić information content (AvgIpc) is 2.82. The Morgan fingerprint density at radius 2 is 1.53 bits per heavy atom. The van der Waals surface area contributed by atoms with Crippen LogP contribution in [0.2, 0.25) is 0 Å². The molecular formula is C26H18FN3O2. The van der Waals surface area contributed by atoms with Crippen molar-refractivity contribution in [3.05, 3.63) is 119 Å². The Labute approximate surface area is 183 Å². The molecule has 5 nitrogen and oxygen atoms in total. The van der Waals surface area contributed by atoms with Crippen molar-refractivity contribution in [2.45, 2.75) is 0 Å². The number of nitrogens with one attached hydrogen (secondary N) is 1. The number of hydrogen-bond donors (Lipinski definition) is 1. The molecule has 0 fully saturated rings. The van der Waals surface area contributed by atoms with Gasteiger partial charge in [-0.2, -0.15) is 0 Å². The van der Waals surface area contributed by atoms with Crippen LogP contribution in [0.4, 0.5) is 15.9 Å². The molecule has 0 bridgehead atoms. The molecule has 0 atom stereocenters. The fourth-order valence-electron chi connectivity index (χ4n) is 3.56. The van der Waals surface area contributed by atoms with E-state index in [4.69, 9.17) is 4.74 Å². The zero-order valence-corrected chi connectivity index (χ0v) is 16.9. The summed E-state index contributed by atoms with van der Waals surface area (Å²) in [6, 6.07) is 26.5. The van der Waals surface area contributed by atoms with E-state index in [0.29, 0.717) is 28.2 Å². The minimum atomic E-state index is -0.364. The van der Waals surface area contributed by atoms with Gasteiger partial charge in [0.15, 0.2) is 11.2 Å². The molecule has 2 aromatic heterocycles. The second-order valence-electron chi connectivity index (χ2n) is 7.14. The number of fused-ring (bicyclic) bond motifs is 1. The number of nitrogens with zero attached hydrogens (tertiary/aromatic N) is 2. The third-order valence-electron chi connectivity index (χ3n) is 4.99. The first-order valence-corrected chi connectivity index (χ1v) is 10.0. The molecule has 0 saturated carbocycles. The maximum atomic E-state index is 13.3. The number of hydrogen-bond acceptors (Lipinski definition) is 4. The summed E-state index contributed by atoms with van der Waals surface area (Å²) in [6.45, 7) is 0. The topological polar surface area (TPSA) is 56.2 Å². The smallest absolute Gasteiger partial charge is 0.195 e. The Morgan fingerprint density at radius 1 is 0.844 bits per heavy atom. The van der Waals surface area contributed by atoms with E-state index < -0.39 is 0 Å². The maximum absolute atomic E-state index is 13.3. The van der Waals surface area contributed by atoms with Crippen molar-refractivity contribution >= 4 is 22.4 Å². The van der Waals surface area contributed by atoms with E-state index >= 15 is 0 Å². The van der Waals surface area contributed by atoms with E-state index in [1.54, 1.807) is 12.3 Å². The molecule has 1 N–H and O–H groups in total. The standard InChI is InChI=1S/C26H18FN3O2/c27-18-11-13-21(14-12-18)32-24-17-28-16-22-26(24)23(31)15-25(29-19-7-3-1-4-8-19)30(22)20-9-5-2-6-10-20/h1-17,29H. The number of rotatable bonds is 5. The third kappa shape index (κ3) is 3.81. The van der Waals surface area contributed by atoms with Crippen molar-refractivity contribution in [2.75, 3.05) is 5.32 Å². The number of benzene rings is 3. The molecule has 0 aliphatic rings. The molecular weight excluding hydrogens is 405 g/mol. The van der Waals surface area contributed by atoms with Gasteiger partial charge in [0, 0.05) is 17.4 Å². The predicted octanol–water partition coefficient (Wildman–Crippen LogP) is 6.06. The van der Waals surface area contributed by atoms with E-state index in [9.17, 15) is 9.18 Å². The van der Waals surface area contributed by atoms with E-state index in [-0.39, 0.29) is 11.2 Å². The number of aromatic nitrogens is 2. The summed E-state index contributed by atoms with van der Waals surface area (Å²) < 4.78 is 21.1. The van der Waals surface area contributed by atoms with Gasteiger partial charge < -0.3 is 10.1 Å². The van der Waals surface area contributed by atoms with Crippen LogP contribution in [0.3, 0.4) is 0 Å². The van der Waals surface area contributed by atoms with Crippen molar-refractivity contribution in [3.63, 3.8) is 0 Å². The van der Waals surface area contributed by atoms with Gasteiger partial charge in [0.2, 0.25) is 0 Å². The lowest BCUT2D eigenvalue weighted by atomic mass is 10.2. The van der Waals surface area contributed by atoms with Crippen molar-refractivity contribution in [1.82, 2.24) is 9.55 Å². The molecule has 0 radical (unpaired) electrons. The molecule has 0 amide bonds. The quantitative estimate of drug-likeness (QED) is 0.373. The van der Waals surface area contributed by atoms with Crippen molar-refractivity contribution < 1.29 is 9.13 Å². The Morgan fingerprint density at radius 3 is 2.25 bits per heavy atom. The normalized spacial score (nSPS) is 10.8. The zero-order valence-electron chi connectivity index (χ0n) is 16.9. The van der Waals surface area contributed by atoms with Gasteiger partial charge >= 0.3 is 0 Å². The molecule has 32 heavy (non-hydrogen) atoms. The highest BCUT2D eigenvalue weighted by atomic mass is 19.1. The molecule has 156 valence electrons. The lowest BCUT2D eigenvalue weighted by Crippen LogP contribution is -2.13.